The molecule has 1 aliphatic rings. The van der Waals surface area contributed by atoms with Crippen LogP contribution in [-0.4, -0.2) is 11.7 Å². The van der Waals surface area contributed by atoms with Gasteiger partial charge >= 0.3 is 0 Å². The summed E-state index contributed by atoms with van der Waals surface area (Å²) in [6.45, 7) is 10.9. The molecular formula is C16H28O. The lowest BCUT2D eigenvalue weighted by Gasteiger charge is -2.31. The number of hydrogen-bond acceptors (Lipinski definition) is 1. The fourth-order valence-electron chi connectivity index (χ4n) is 2.90. The molecule has 2 atom stereocenters. The van der Waals surface area contributed by atoms with Gasteiger partial charge in [-0.3, -0.25) is 0 Å². The molecule has 0 saturated heterocycles. The predicted octanol–water partition coefficient (Wildman–Crippen LogP) is 4.33. The minimum atomic E-state index is 0.197. The molecule has 0 aliphatic heterocycles. The Morgan fingerprint density at radius 3 is 2.65 bits per heavy atom. The van der Waals surface area contributed by atoms with Crippen molar-refractivity contribution >= 4 is 0 Å². The molecule has 0 aromatic heterocycles. The molecule has 1 nitrogen and oxygen atoms in total. The average Bonchev–Trinajstić information content (AvgIpc) is 2.77. The van der Waals surface area contributed by atoms with E-state index >= 15 is 0 Å². The lowest BCUT2D eigenvalue weighted by Crippen LogP contribution is -2.21. The lowest BCUT2D eigenvalue weighted by atomic mass is 9.74. The molecule has 0 aromatic rings. The zero-order valence-electron chi connectivity index (χ0n) is 11.7. The van der Waals surface area contributed by atoms with E-state index in [9.17, 15) is 0 Å². The second-order valence-corrected chi connectivity index (χ2v) is 6.24. The molecule has 0 bridgehead atoms. The van der Waals surface area contributed by atoms with Gasteiger partial charge in [0.25, 0.3) is 0 Å². The third-order valence-corrected chi connectivity index (χ3v) is 4.44. The summed E-state index contributed by atoms with van der Waals surface area (Å²) in [4.78, 5) is 0. The van der Waals surface area contributed by atoms with E-state index in [-0.39, 0.29) is 6.61 Å². The van der Waals surface area contributed by atoms with Gasteiger partial charge in [0.1, 0.15) is 0 Å². The van der Waals surface area contributed by atoms with Gasteiger partial charge < -0.3 is 5.11 Å². The highest BCUT2D eigenvalue weighted by Gasteiger charge is 2.34. The Morgan fingerprint density at radius 2 is 2.12 bits per heavy atom. The standard InChI is InChI=1S/C16H28O/c1-5-14-8-9-15(11-14)16(3,4)10-6-7-13(2)12-17/h5,7,14-15,17H,1,6,8-12H2,2-4H3/b13-7+. The number of aliphatic hydroxyl groups is 1. The average molecular weight is 236 g/mol. The summed E-state index contributed by atoms with van der Waals surface area (Å²) in [5, 5.41) is 8.96. The third-order valence-electron chi connectivity index (χ3n) is 4.44. The van der Waals surface area contributed by atoms with Crippen molar-refractivity contribution in [2.24, 2.45) is 17.3 Å². The van der Waals surface area contributed by atoms with Crippen molar-refractivity contribution in [3.8, 4) is 0 Å². The first-order valence-corrected chi connectivity index (χ1v) is 6.88. The van der Waals surface area contributed by atoms with Crippen LogP contribution in [0.15, 0.2) is 24.3 Å². The lowest BCUT2D eigenvalue weighted by molar-refractivity contribution is 0.197. The minimum Gasteiger partial charge on any atom is -0.392 e. The second-order valence-electron chi connectivity index (χ2n) is 6.24. The summed E-state index contributed by atoms with van der Waals surface area (Å²) in [5.41, 5.74) is 1.51. The van der Waals surface area contributed by atoms with Crippen LogP contribution >= 0.6 is 0 Å². The maximum absolute atomic E-state index is 8.96. The summed E-state index contributed by atoms with van der Waals surface area (Å²) in [5.74, 6) is 1.59. The quantitative estimate of drug-likeness (QED) is 0.680. The van der Waals surface area contributed by atoms with Gasteiger partial charge in [-0.2, -0.15) is 0 Å². The molecule has 0 spiro atoms. The van der Waals surface area contributed by atoms with Crippen LogP contribution in [0.4, 0.5) is 0 Å². The number of hydrogen-bond donors (Lipinski definition) is 1. The minimum absolute atomic E-state index is 0.197. The van der Waals surface area contributed by atoms with E-state index in [1.807, 2.05) is 6.92 Å². The summed E-state index contributed by atoms with van der Waals surface area (Å²) in [7, 11) is 0. The molecule has 1 rings (SSSR count). The molecule has 0 radical (unpaired) electrons. The summed E-state index contributed by atoms with van der Waals surface area (Å²) in [6.07, 6.45) is 10.6. The van der Waals surface area contributed by atoms with E-state index in [1.165, 1.54) is 25.7 Å². The van der Waals surface area contributed by atoms with Gasteiger partial charge in [-0.15, -0.1) is 6.58 Å². The van der Waals surface area contributed by atoms with Gasteiger partial charge in [0.15, 0.2) is 0 Å². The Balaban J connectivity index is 2.43. The first kappa shape index (κ1) is 14.5. The molecule has 98 valence electrons. The van der Waals surface area contributed by atoms with E-state index in [4.69, 9.17) is 5.11 Å². The van der Waals surface area contributed by atoms with Crippen molar-refractivity contribution in [3.63, 3.8) is 0 Å². The van der Waals surface area contributed by atoms with Crippen molar-refractivity contribution in [2.45, 2.75) is 52.9 Å². The summed E-state index contributed by atoms with van der Waals surface area (Å²) in [6, 6.07) is 0. The van der Waals surface area contributed by atoms with Crippen LogP contribution in [0.5, 0.6) is 0 Å². The Morgan fingerprint density at radius 1 is 1.41 bits per heavy atom. The highest BCUT2D eigenvalue weighted by atomic mass is 16.3. The molecule has 0 aromatic carbocycles. The molecule has 1 fully saturated rings. The van der Waals surface area contributed by atoms with Gasteiger partial charge in [0.05, 0.1) is 6.61 Å². The zero-order valence-corrected chi connectivity index (χ0v) is 11.7. The van der Waals surface area contributed by atoms with Crippen LogP contribution in [-0.2, 0) is 0 Å². The van der Waals surface area contributed by atoms with Crippen molar-refractivity contribution < 1.29 is 5.11 Å². The normalized spacial score (nSPS) is 26.2. The zero-order chi connectivity index (χ0) is 12.9. The van der Waals surface area contributed by atoms with Crippen molar-refractivity contribution in [1.29, 1.82) is 0 Å². The molecule has 0 amide bonds. The Hall–Kier alpha value is -0.560. The van der Waals surface area contributed by atoms with Crippen molar-refractivity contribution in [3.05, 3.63) is 24.3 Å². The van der Waals surface area contributed by atoms with Crippen LogP contribution < -0.4 is 0 Å². The molecule has 1 saturated carbocycles. The number of allylic oxidation sites excluding steroid dienone is 2. The van der Waals surface area contributed by atoms with E-state index in [2.05, 4.69) is 32.6 Å². The molecular weight excluding hydrogens is 208 g/mol. The molecule has 1 aliphatic carbocycles. The maximum Gasteiger partial charge on any atom is 0.0639 e. The first-order valence-electron chi connectivity index (χ1n) is 6.88. The van der Waals surface area contributed by atoms with Gasteiger partial charge in [0.2, 0.25) is 0 Å². The highest BCUT2D eigenvalue weighted by molar-refractivity contribution is 4.99. The number of rotatable bonds is 6. The van der Waals surface area contributed by atoms with Gasteiger partial charge in [-0.25, -0.2) is 0 Å². The predicted molar refractivity (Wildman–Crippen MR) is 74.9 cm³/mol. The van der Waals surface area contributed by atoms with Crippen LogP contribution in [0, 0.1) is 17.3 Å². The van der Waals surface area contributed by atoms with E-state index in [0.29, 0.717) is 5.41 Å². The summed E-state index contributed by atoms with van der Waals surface area (Å²) < 4.78 is 0. The topological polar surface area (TPSA) is 20.2 Å². The Bertz CT molecular complexity index is 275. The summed E-state index contributed by atoms with van der Waals surface area (Å²) >= 11 is 0. The number of aliphatic hydroxyl groups excluding tert-OH is 1. The van der Waals surface area contributed by atoms with Crippen molar-refractivity contribution in [2.75, 3.05) is 6.61 Å². The molecule has 0 heterocycles. The monoisotopic (exact) mass is 236 g/mol. The van der Waals surface area contributed by atoms with Gasteiger partial charge in [0, 0.05) is 0 Å². The third kappa shape index (κ3) is 4.31. The molecule has 2 unspecified atom stereocenters. The molecule has 17 heavy (non-hydrogen) atoms. The SMILES string of the molecule is C=CC1CCC(C(C)(C)CC/C=C(\C)CO)C1. The van der Waals surface area contributed by atoms with Crippen molar-refractivity contribution in [1.82, 2.24) is 0 Å². The maximum atomic E-state index is 8.96. The fraction of sp³-hybridized carbons (Fsp3) is 0.750. The molecule has 1 heteroatoms. The van der Waals surface area contributed by atoms with Crippen LogP contribution in [0.25, 0.3) is 0 Å². The van der Waals surface area contributed by atoms with Crippen LogP contribution in [0.2, 0.25) is 0 Å². The Kier molecular flexibility index (Phi) is 5.45. The van der Waals surface area contributed by atoms with Gasteiger partial charge in [-0.1, -0.05) is 31.6 Å². The molecule has 1 N–H and O–H groups in total. The smallest absolute Gasteiger partial charge is 0.0639 e. The van der Waals surface area contributed by atoms with Crippen LogP contribution in [0.3, 0.4) is 0 Å². The Labute approximate surface area is 107 Å². The fourth-order valence-corrected chi connectivity index (χ4v) is 2.90. The first-order chi connectivity index (χ1) is 7.99. The van der Waals surface area contributed by atoms with Gasteiger partial charge in [-0.05, 0) is 56.3 Å². The largest absolute Gasteiger partial charge is 0.392 e. The van der Waals surface area contributed by atoms with E-state index in [0.717, 1.165) is 23.8 Å². The van der Waals surface area contributed by atoms with E-state index < -0.39 is 0 Å². The van der Waals surface area contributed by atoms with E-state index in [1.54, 1.807) is 0 Å². The second kappa shape index (κ2) is 6.39. The highest BCUT2D eigenvalue weighted by Crippen LogP contribution is 2.45. The van der Waals surface area contributed by atoms with Crippen LogP contribution in [0.1, 0.15) is 52.9 Å².